The van der Waals surface area contributed by atoms with Gasteiger partial charge in [0.25, 0.3) is 0 Å². The van der Waals surface area contributed by atoms with E-state index in [4.69, 9.17) is 17.3 Å². The zero-order chi connectivity index (χ0) is 10.6. The first kappa shape index (κ1) is 11.3. The summed E-state index contributed by atoms with van der Waals surface area (Å²) < 4.78 is 0. The van der Waals surface area contributed by atoms with Gasteiger partial charge in [0.2, 0.25) is 0 Å². The quantitative estimate of drug-likeness (QED) is 0.753. The number of hydrogen-bond donors (Lipinski definition) is 2. The highest BCUT2D eigenvalue weighted by atomic mass is 35.5. The molecule has 0 heterocycles. The molecular formula is C11H17ClN2. The van der Waals surface area contributed by atoms with E-state index in [1.807, 2.05) is 25.2 Å². The average Bonchev–Trinajstić information content (AvgIpc) is 2.19. The van der Waals surface area contributed by atoms with Gasteiger partial charge in [0, 0.05) is 16.8 Å². The number of halogens is 1. The highest BCUT2D eigenvalue weighted by molar-refractivity contribution is 6.30. The zero-order valence-electron chi connectivity index (χ0n) is 8.68. The number of nitrogens with one attached hydrogen (secondary N) is 1. The minimum atomic E-state index is 0.508. The van der Waals surface area contributed by atoms with Crippen molar-refractivity contribution in [2.45, 2.75) is 25.8 Å². The predicted octanol–water partition coefficient (Wildman–Crippen LogP) is 2.46. The van der Waals surface area contributed by atoms with Crippen LogP contribution in [0.4, 0.5) is 5.69 Å². The molecule has 3 N–H and O–H groups in total. The van der Waals surface area contributed by atoms with E-state index >= 15 is 0 Å². The smallest absolute Gasteiger partial charge is 0.0410 e. The maximum Gasteiger partial charge on any atom is 0.0410 e. The molecule has 0 fully saturated rings. The molecule has 0 aliphatic heterocycles. The van der Waals surface area contributed by atoms with E-state index in [0.717, 1.165) is 29.1 Å². The van der Waals surface area contributed by atoms with Gasteiger partial charge in [0.05, 0.1) is 0 Å². The van der Waals surface area contributed by atoms with Crippen LogP contribution in [0.15, 0.2) is 18.2 Å². The summed E-state index contributed by atoms with van der Waals surface area (Å²) in [5, 5.41) is 3.95. The molecule has 1 aromatic rings. The molecule has 0 saturated carbocycles. The Labute approximate surface area is 90.4 Å². The Kier molecular flexibility index (Phi) is 4.23. The summed E-state index contributed by atoms with van der Waals surface area (Å²) in [5.74, 6) is 0. The van der Waals surface area contributed by atoms with Gasteiger partial charge in [0.1, 0.15) is 0 Å². The van der Waals surface area contributed by atoms with Crippen molar-refractivity contribution >= 4 is 17.3 Å². The lowest BCUT2D eigenvalue weighted by atomic mass is 10.0. The molecule has 0 saturated heterocycles. The Morgan fingerprint density at radius 1 is 1.50 bits per heavy atom. The van der Waals surface area contributed by atoms with Crippen LogP contribution in [-0.2, 0) is 6.42 Å². The summed E-state index contributed by atoms with van der Waals surface area (Å²) in [6, 6.07) is 6.14. The zero-order valence-corrected chi connectivity index (χ0v) is 9.43. The van der Waals surface area contributed by atoms with Gasteiger partial charge in [-0.3, -0.25) is 0 Å². The van der Waals surface area contributed by atoms with Crippen molar-refractivity contribution in [2.75, 3.05) is 12.8 Å². The average molecular weight is 213 g/mol. The van der Waals surface area contributed by atoms with Crippen LogP contribution in [0.25, 0.3) is 0 Å². The minimum absolute atomic E-state index is 0.508. The molecule has 0 radical (unpaired) electrons. The summed E-state index contributed by atoms with van der Waals surface area (Å²) in [6.07, 6.45) is 2.04. The predicted molar refractivity (Wildman–Crippen MR) is 62.7 cm³/mol. The lowest BCUT2D eigenvalue weighted by molar-refractivity contribution is 0.565. The second-order valence-electron chi connectivity index (χ2n) is 3.57. The van der Waals surface area contributed by atoms with Crippen molar-refractivity contribution in [2.24, 2.45) is 0 Å². The Morgan fingerprint density at radius 2 is 2.21 bits per heavy atom. The molecular weight excluding hydrogens is 196 g/mol. The maximum atomic E-state index is 5.89. The molecule has 14 heavy (non-hydrogen) atoms. The molecule has 0 spiro atoms. The van der Waals surface area contributed by atoms with E-state index in [9.17, 15) is 0 Å². The van der Waals surface area contributed by atoms with E-state index in [1.165, 1.54) is 0 Å². The van der Waals surface area contributed by atoms with Crippen molar-refractivity contribution in [3.63, 3.8) is 0 Å². The van der Waals surface area contributed by atoms with E-state index in [0.29, 0.717) is 6.04 Å². The SMILES string of the molecule is CNC(C)CCc1cc(Cl)ccc1N. The van der Waals surface area contributed by atoms with Gasteiger partial charge in [-0.15, -0.1) is 0 Å². The van der Waals surface area contributed by atoms with Crippen LogP contribution in [0.3, 0.4) is 0 Å². The van der Waals surface area contributed by atoms with Gasteiger partial charge < -0.3 is 11.1 Å². The maximum absolute atomic E-state index is 5.89. The molecule has 0 amide bonds. The molecule has 0 aliphatic carbocycles. The van der Waals surface area contributed by atoms with E-state index in [1.54, 1.807) is 0 Å². The molecule has 1 atom stereocenters. The fraction of sp³-hybridized carbons (Fsp3) is 0.455. The second kappa shape index (κ2) is 5.23. The normalized spacial score (nSPS) is 12.8. The monoisotopic (exact) mass is 212 g/mol. The molecule has 1 aromatic carbocycles. The number of benzene rings is 1. The van der Waals surface area contributed by atoms with Crippen molar-refractivity contribution < 1.29 is 0 Å². The first-order valence-corrected chi connectivity index (χ1v) is 5.22. The lowest BCUT2D eigenvalue weighted by Gasteiger charge is -2.11. The van der Waals surface area contributed by atoms with Gasteiger partial charge in [-0.1, -0.05) is 11.6 Å². The molecule has 0 bridgehead atoms. The summed E-state index contributed by atoms with van der Waals surface area (Å²) in [4.78, 5) is 0. The fourth-order valence-electron chi connectivity index (χ4n) is 1.31. The number of nitrogens with two attached hydrogens (primary N) is 1. The van der Waals surface area contributed by atoms with Gasteiger partial charge >= 0.3 is 0 Å². The molecule has 2 nitrogen and oxygen atoms in total. The van der Waals surface area contributed by atoms with Gasteiger partial charge in [0.15, 0.2) is 0 Å². The Morgan fingerprint density at radius 3 is 2.86 bits per heavy atom. The summed E-state index contributed by atoms with van der Waals surface area (Å²) in [7, 11) is 1.96. The molecule has 0 aliphatic rings. The third-order valence-corrected chi connectivity index (χ3v) is 2.68. The number of nitrogen functional groups attached to an aromatic ring is 1. The van der Waals surface area contributed by atoms with E-state index < -0.39 is 0 Å². The van der Waals surface area contributed by atoms with Crippen molar-refractivity contribution in [1.29, 1.82) is 0 Å². The van der Waals surface area contributed by atoms with E-state index in [-0.39, 0.29) is 0 Å². The fourth-order valence-corrected chi connectivity index (χ4v) is 1.50. The topological polar surface area (TPSA) is 38.0 Å². The first-order chi connectivity index (χ1) is 6.63. The number of rotatable bonds is 4. The lowest BCUT2D eigenvalue weighted by Crippen LogP contribution is -2.21. The Bertz CT molecular complexity index is 299. The van der Waals surface area contributed by atoms with Crippen LogP contribution in [0.5, 0.6) is 0 Å². The summed E-state index contributed by atoms with van der Waals surface area (Å²) in [5.41, 5.74) is 7.81. The summed E-state index contributed by atoms with van der Waals surface area (Å²) in [6.45, 7) is 2.15. The second-order valence-corrected chi connectivity index (χ2v) is 4.01. The van der Waals surface area contributed by atoms with Gasteiger partial charge in [-0.2, -0.15) is 0 Å². The Hall–Kier alpha value is -0.730. The van der Waals surface area contributed by atoms with Crippen LogP contribution in [0, 0.1) is 0 Å². The van der Waals surface area contributed by atoms with Crippen molar-refractivity contribution in [3.8, 4) is 0 Å². The molecule has 3 heteroatoms. The number of hydrogen-bond acceptors (Lipinski definition) is 2. The first-order valence-electron chi connectivity index (χ1n) is 4.84. The highest BCUT2D eigenvalue weighted by Gasteiger charge is 2.03. The van der Waals surface area contributed by atoms with Gasteiger partial charge in [-0.25, -0.2) is 0 Å². The standard InChI is InChI=1S/C11H17ClN2/c1-8(14-2)3-4-9-7-10(12)5-6-11(9)13/h5-8,14H,3-4,13H2,1-2H3. The molecule has 1 rings (SSSR count). The van der Waals surface area contributed by atoms with Crippen molar-refractivity contribution in [3.05, 3.63) is 28.8 Å². The third kappa shape index (κ3) is 3.20. The van der Waals surface area contributed by atoms with E-state index in [2.05, 4.69) is 12.2 Å². The van der Waals surface area contributed by atoms with Gasteiger partial charge in [-0.05, 0) is 50.6 Å². The largest absolute Gasteiger partial charge is 0.399 e. The minimum Gasteiger partial charge on any atom is -0.399 e. The summed E-state index contributed by atoms with van der Waals surface area (Å²) >= 11 is 5.89. The molecule has 78 valence electrons. The molecule has 1 unspecified atom stereocenters. The van der Waals surface area contributed by atoms with Crippen LogP contribution in [-0.4, -0.2) is 13.1 Å². The highest BCUT2D eigenvalue weighted by Crippen LogP contribution is 2.19. The van der Waals surface area contributed by atoms with Crippen LogP contribution >= 0.6 is 11.6 Å². The molecule has 0 aromatic heterocycles. The van der Waals surface area contributed by atoms with Crippen LogP contribution in [0.2, 0.25) is 5.02 Å². The number of aryl methyl sites for hydroxylation is 1. The number of anilines is 1. The van der Waals surface area contributed by atoms with Crippen LogP contribution in [0.1, 0.15) is 18.9 Å². The third-order valence-electron chi connectivity index (χ3n) is 2.44. The Balaban J connectivity index is 2.62. The van der Waals surface area contributed by atoms with Crippen molar-refractivity contribution in [1.82, 2.24) is 5.32 Å². The van der Waals surface area contributed by atoms with Crippen LogP contribution < -0.4 is 11.1 Å².